The third-order valence-corrected chi connectivity index (χ3v) is 6.80. The summed E-state index contributed by atoms with van der Waals surface area (Å²) >= 11 is 7.45. The Morgan fingerprint density at radius 2 is 1.86 bits per heavy atom. The Hall–Kier alpha value is -4.02. The molecule has 9 nitrogen and oxygen atoms in total. The summed E-state index contributed by atoms with van der Waals surface area (Å²) in [4.78, 5) is 36.3. The van der Waals surface area contributed by atoms with E-state index in [1.54, 1.807) is 18.2 Å². The lowest BCUT2D eigenvalue weighted by molar-refractivity contribution is -0.384. The first-order chi connectivity index (χ1) is 17.9. The minimum atomic E-state index is -0.508. The first-order valence-electron chi connectivity index (χ1n) is 11.2. The van der Waals surface area contributed by atoms with E-state index in [9.17, 15) is 19.7 Å². The van der Waals surface area contributed by atoms with Crippen molar-refractivity contribution in [1.82, 2.24) is 9.88 Å². The lowest BCUT2D eigenvalue weighted by Crippen LogP contribution is -2.27. The van der Waals surface area contributed by atoms with Crippen LogP contribution in [0.4, 0.5) is 11.4 Å². The largest absolute Gasteiger partial charge is 0.495 e. The van der Waals surface area contributed by atoms with Gasteiger partial charge in [-0.3, -0.25) is 19.7 Å². The van der Waals surface area contributed by atoms with E-state index in [-0.39, 0.29) is 23.3 Å². The van der Waals surface area contributed by atoms with Crippen molar-refractivity contribution in [2.24, 2.45) is 0 Å². The minimum Gasteiger partial charge on any atom is -0.495 e. The maximum Gasteiger partial charge on any atom is 0.269 e. The highest BCUT2D eigenvalue weighted by molar-refractivity contribution is 8.00. The van der Waals surface area contributed by atoms with E-state index in [1.165, 1.54) is 43.1 Å². The van der Waals surface area contributed by atoms with Crippen LogP contribution in [0.2, 0.25) is 5.02 Å². The van der Waals surface area contributed by atoms with E-state index < -0.39 is 4.92 Å². The van der Waals surface area contributed by atoms with Gasteiger partial charge in [0.1, 0.15) is 5.75 Å². The number of nitro benzene ring substituents is 1. The number of thioether (sulfide) groups is 1. The van der Waals surface area contributed by atoms with Gasteiger partial charge in [0.25, 0.3) is 11.6 Å². The summed E-state index contributed by atoms with van der Waals surface area (Å²) in [7, 11) is 1.52. The number of benzene rings is 3. The molecular weight excluding hydrogens is 516 g/mol. The van der Waals surface area contributed by atoms with E-state index in [4.69, 9.17) is 16.3 Å². The highest BCUT2D eigenvalue weighted by Crippen LogP contribution is 2.31. The molecule has 4 rings (SSSR count). The van der Waals surface area contributed by atoms with Gasteiger partial charge in [-0.15, -0.1) is 11.8 Å². The molecule has 0 spiro atoms. The molecule has 0 unspecified atom stereocenters. The zero-order valence-corrected chi connectivity index (χ0v) is 21.3. The van der Waals surface area contributed by atoms with Crippen molar-refractivity contribution >= 4 is 57.5 Å². The Balaban J connectivity index is 1.38. The van der Waals surface area contributed by atoms with Gasteiger partial charge in [-0.05, 0) is 36.4 Å². The van der Waals surface area contributed by atoms with Gasteiger partial charge in [0.2, 0.25) is 5.91 Å². The van der Waals surface area contributed by atoms with Gasteiger partial charge >= 0.3 is 0 Å². The topological polar surface area (TPSA) is 116 Å². The fourth-order valence-corrected chi connectivity index (χ4v) is 4.81. The summed E-state index contributed by atoms with van der Waals surface area (Å²) in [6, 6.07) is 18.3. The lowest BCUT2D eigenvalue weighted by atomic mass is 10.2. The average Bonchev–Trinajstić information content (AvgIpc) is 3.25. The van der Waals surface area contributed by atoms with Gasteiger partial charge in [-0.25, -0.2) is 0 Å². The summed E-state index contributed by atoms with van der Waals surface area (Å²) in [5.74, 6) is 0.197. The van der Waals surface area contributed by atoms with E-state index in [0.29, 0.717) is 35.1 Å². The van der Waals surface area contributed by atoms with Gasteiger partial charge in [0, 0.05) is 57.8 Å². The number of rotatable bonds is 10. The molecule has 0 atom stereocenters. The number of halogens is 1. The second-order valence-electron chi connectivity index (χ2n) is 7.95. The van der Waals surface area contributed by atoms with Crippen LogP contribution in [-0.4, -0.2) is 40.7 Å². The molecule has 2 amide bonds. The first kappa shape index (κ1) is 26.1. The van der Waals surface area contributed by atoms with Crippen LogP contribution in [0.25, 0.3) is 10.9 Å². The number of amides is 2. The molecule has 1 aromatic heterocycles. The standard InChI is InChI=1S/C26H23ClN4O5S/c1-36-23-11-8-18(27)14-21(23)29-25(32)16-37-24-15-30(22-5-3-2-4-20(22)24)13-12-28-26(33)17-6-9-19(10-7-17)31(34)35/h2-11,14-15H,12-13,16H2,1H3,(H,28,33)(H,29,32). The summed E-state index contributed by atoms with van der Waals surface area (Å²) < 4.78 is 7.30. The van der Waals surface area contributed by atoms with Gasteiger partial charge in [0.05, 0.1) is 23.5 Å². The van der Waals surface area contributed by atoms with Crippen molar-refractivity contribution in [1.29, 1.82) is 0 Å². The van der Waals surface area contributed by atoms with Crippen molar-refractivity contribution < 1.29 is 19.2 Å². The summed E-state index contributed by atoms with van der Waals surface area (Å²) in [6.07, 6.45) is 1.96. The lowest BCUT2D eigenvalue weighted by Gasteiger charge is -2.10. The SMILES string of the molecule is COc1ccc(Cl)cc1NC(=O)CSc1cn(CCNC(=O)c2ccc([N+](=O)[O-])cc2)c2ccccc12. The van der Waals surface area contributed by atoms with E-state index >= 15 is 0 Å². The molecule has 0 aliphatic heterocycles. The number of carbonyl (C=O) groups is 2. The number of carbonyl (C=O) groups excluding carboxylic acids is 2. The molecule has 4 aromatic rings. The van der Waals surface area contributed by atoms with Crippen LogP contribution in [0.3, 0.4) is 0 Å². The molecule has 1 heterocycles. The van der Waals surface area contributed by atoms with E-state index in [0.717, 1.165) is 15.8 Å². The molecule has 0 saturated carbocycles. The Bertz CT molecular complexity index is 1460. The average molecular weight is 539 g/mol. The monoisotopic (exact) mass is 538 g/mol. The number of hydrogen-bond acceptors (Lipinski definition) is 6. The molecule has 37 heavy (non-hydrogen) atoms. The molecule has 11 heteroatoms. The Labute approximate surface area is 221 Å². The number of nitrogens with zero attached hydrogens (tertiary/aromatic N) is 2. The second kappa shape index (κ2) is 11.8. The van der Waals surface area contributed by atoms with Gasteiger partial charge < -0.3 is 19.9 Å². The van der Waals surface area contributed by atoms with Crippen LogP contribution in [0.5, 0.6) is 5.75 Å². The van der Waals surface area contributed by atoms with Crippen molar-refractivity contribution in [3.05, 3.63) is 93.6 Å². The zero-order chi connectivity index (χ0) is 26.4. The van der Waals surface area contributed by atoms with Gasteiger partial charge in [-0.2, -0.15) is 0 Å². The first-order valence-corrected chi connectivity index (χ1v) is 12.6. The van der Waals surface area contributed by atoms with Crippen LogP contribution in [-0.2, 0) is 11.3 Å². The number of hydrogen-bond donors (Lipinski definition) is 2. The number of para-hydroxylation sites is 1. The maximum atomic E-state index is 12.6. The van der Waals surface area contributed by atoms with E-state index in [1.807, 2.05) is 35.0 Å². The van der Waals surface area contributed by atoms with Crippen molar-refractivity contribution in [3.8, 4) is 5.75 Å². The summed E-state index contributed by atoms with van der Waals surface area (Å²) in [5.41, 5.74) is 1.76. The molecule has 0 bridgehead atoms. The molecule has 0 aliphatic rings. The number of anilines is 1. The molecule has 3 aromatic carbocycles. The number of fused-ring (bicyclic) bond motifs is 1. The Morgan fingerprint density at radius 3 is 2.59 bits per heavy atom. The molecule has 0 radical (unpaired) electrons. The van der Waals surface area contributed by atoms with Crippen LogP contribution in [0.15, 0.2) is 77.8 Å². The van der Waals surface area contributed by atoms with Crippen LogP contribution in [0, 0.1) is 10.1 Å². The highest BCUT2D eigenvalue weighted by Gasteiger charge is 2.14. The van der Waals surface area contributed by atoms with Crippen molar-refractivity contribution in [3.63, 3.8) is 0 Å². The van der Waals surface area contributed by atoms with Crippen LogP contribution >= 0.6 is 23.4 Å². The Morgan fingerprint density at radius 1 is 1.11 bits per heavy atom. The van der Waals surface area contributed by atoms with Crippen LogP contribution < -0.4 is 15.4 Å². The molecule has 0 aliphatic carbocycles. The second-order valence-corrected chi connectivity index (χ2v) is 9.40. The number of nitro groups is 1. The predicted octanol–water partition coefficient (Wildman–Crippen LogP) is 5.37. The van der Waals surface area contributed by atoms with Gasteiger partial charge in [0.15, 0.2) is 0 Å². The van der Waals surface area contributed by atoms with Gasteiger partial charge in [-0.1, -0.05) is 29.8 Å². The number of non-ortho nitro benzene ring substituents is 1. The highest BCUT2D eigenvalue weighted by atomic mass is 35.5. The van der Waals surface area contributed by atoms with E-state index in [2.05, 4.69) is 10.6 Å². The minimum absolute atomic E-state index is 0.0687. The van der Waals surface area contributed by atoms with Crippen LogP contribution in [0.1, 0.15) is 10.4 Å². The number of nitrogens with one attached hydrogen (secondary N) is 2. The third kappa shape index (κ3) is 6.41. The maximum absolute atomic E-state index is 12.6. The molecule has 2 N–H and O–H groups in total. The predicted molar refractivity (Wildman–Crippen MR) is 145 cm³/mol. The smallest absolute Gasteiger partial charge is 0.269 e. The molecule has 190 valence electrons. The number of ether oxygens (including phenoxy) is 1. The number of aromatic nitrogens is 1. The fourth-order valence-electron chi connectivity index (χ4n) is 3.75. The van der Waals surface area contributed by atoms with Crippen molar-refractivity contribution in [2.45, 2.75) is 11.4 Å². The fraction of sp³-hybridized carbons (Fsp3) is 0.154. The Kier molecular flexibility index (Phi) is 8.32. The summed E-state index contributed by atoms with van der Waals surface area (Å²) in [5, 5.41) is 18.0. The third-order valence-electron chi connectivity index (χ3n) is 5.52. The normalized spacial score (nSPS) is 10.8. The summed E-state index contributed by atoms with van der Waals surface area (Å²) in [6.45, 7) is 0.860. The molecule has 0 saturated heterocycles. The zero-order valence-electron chi connectivity index (χ0n) is 19.8. The van der Waals surface area contributed by atoms with Crippen molar-refractivity contribution in [2.75, 3.05) is 24.7 Å². The number of methoxy groups -OCH3 is 1. The molecular formula is C26H23ClN4O5S. The molecule has 0 fully saturated rings. The quantitative estimate of drug-likeness (QED) is 0.159.